The molecular formula is C17H24N4O3. The van der Waals surface area contributed by atoms with Crippen molar-refractivity contribution in [1.29, 1.82) is 0 Å². The van der Waals surface area contributed by atoms with E-state index >= 15 is 0 Å². The highest BCUT2D eigenvalue weighted by Gasteiger charge is 2.21. The van der Waals surface area contributed by atoms with Crippen LogP contribution in [0.25, 0.3) is 0 Å². The summed E-state index contributed by atoms with van der Waals surface area (Å²) in [7, 11) is 0. The van der Waals surface area contributed by atoms with Crippen LogP contribution in [0.4, 0.5) is 10.5 Å². The van der Waals surface area contributed by atoms with Crippen molar-refractivity contribution in [1.82, 2.24) is 15.5 Å². The second-order valence-corrected chi connectivity index (χ2v) is 6.01. The Labute approximate surface area is 141 Å². The zero-order valence-corrected chi connectivity index (χ0v) is 14.3. The Morgan fingerprint density at radius 1 is 1.38 bits per heavy atom. The fourth-order valence-electron chi connectivity index (χ4n) is 2.36. The average molecular weight is 332 g/mol. The number of benzene rings is 1. The number of hydrogen-bond donors (Lipinski definition) is 3. The van der Waals surface area contributed by atoms with Crippen LogP contribution in [0, 0.1) is 6.92 Å². The molecule has 130 valence electrons. The predicted molar refractivity (Wildman–Crippen MR) is 92.0 cm³/mol. The normalized spacial score (nSPS) is 15.5. The molecule has 0 aromatic heterocycles. The number of carbonyl (C=O) groups is 3. The third-order valence-corrected chi connectivity index (χ3v) is 4.05. The summed E-state index contributed by atoms with van der Waals surface area (Å²) in [5, 5.41) is 8.38. The van der Waals surface area contributed by atoms with Gasteiger partial charge in [-0.05, 0) is 44.0 Å². The van der Waals surface area contributed by atoms with Crippen LogP contribution in [0.3, 0.4) is 0 Å². The smallest absolute Gasteiger partial charge is 0.322 e. The zero-order valence-electron chi connectivity index (χ0n) is 14.3. The fourth-order valence-corrected chi connectivity index (χ4v) is 2.36. The van der Waals surface area contributed by atoms with Crippen LogP contribution < -0.4 is 16.0 Å². The summed E-state index contributed by atoms with van der Waals surface area (Å²) in [5.74, 6) is -0.289. The Bertz CT molecular complexity index is 645. The number of urea groups is 1. The van der Waals surface area contributed by atoms with E-state index in [9.17, 15) is 14.4 Å². The number of carbonyl (C=O) groups excluding carboxylic acids is 3. The minimum atomic E-state index is -0.315. The highest BCUT2D eigenvalue weighted by molar-refractivity contribution is 5.97. The number of hydrogen-bond acceptors (Lipinski definition) is 3. The first kappa shape index (κ1) is 17.8. The van der Waals surface area contributed by atoms with Crippen molar-refractivity contribution >= 4 is 23.5 Å². The summed E-state index contributed by atoms with van der Waals surface area (Å²) in [6.07, 6.45) is 0.863. The summed E-state index contributed by atoms with van der Waals surface area (Å²) in [4.78, 5) is 37.2. The van der Waals surface area contributed by atoms with Crippen LogP contribution in [0.1, 0.15) is 36.2 Å². The standard InChI is InChI=1S/C17H24N4O3/c1-4-12(3)19-16(23)13-5-6-14(11(2)9-13)20-17(24)21-8-7-18-15(22)10-21/h5-6,9,12H,4,7-8,10H2,1-3H3,(H,18,22)(H,19,23)(H,20,24). The van der Waals surface area contributed by atoms with Crippen LogP contribution in [0.5, 0.6) is 0 Å². The van der Waals surface area contributed by atoms with Crippen molar-refractivity contribution in [2.75, 3.05) is 25.0 Å². The second-order valence-electron chi connectivity index (χ2n) is 6.01. The number of piperazine rings is 1. The van der Waals surface area contributed by atoms with Gasteiger partial charge in [0.1, 0.15) is 6.54 Å². The van der Waals surface area contributed by atoms with E-state index in [0.717, 1.165) is 12.0 Å². The van der Waals surface area contributed by atoms with Gasteiger partial charge in [0.25, 0.3) is 5.91 Å². The van der Waals surface area contributed by atoms with Gasteiger partial charge in [-0.15, -0.1) is 0 Å². The molecule has 3 N–H and O–H groups in total. The van der Waals surface area contributed by atoms with Crippen LogP contribution in [-0.2, 0) is 4.79 Å². The molecule has 0 spiro atoms. The number of anilines is 1. The lowest BCUT2D eigenvalue weighted by Crippen LogP contribution is -2.51. The molecule has 1 aromatic rings. The second kappa shape index (κ2) is 7.81. The van der Waals surface area contributed by atoms with E-state index in [2.05, 4.69) is 16.0 Å². The molecule has 1 atom stereocenters. The molecule has 7 heteroatoms. The number of aryl methyl sites for hydroxylation is 1. The fraction of sp³-hybridized carbons (Fsp3) is 0.471. The van der Waals surface area contributed by atoms with E-state index in [1.54, 1.807) is 18.2 Å². The summed E-state index contributed by atoms with van der Waals surface area (Å²) in [5.41, 5.74) is 1.98. The summed E-state index contributed by atoms with van der Waals surface area (Å²) in [6, 6.07) is 4.94. The summed E-state index contributed by atoms with van der Waals surface area (Å²) < 4.78 is 0. The molecule has 1 aliphatic heterocycles. The molecule has 2 rings (SSSR count). The third-order valence-electron chi connectivity index (χ3n) is 4.05. The van der Waals surface area contributed by atoms with Gasteiger partial charge in [0.05, 0.1) is 0 Å². The van der Waals surface area contributed by atoms with E-state index in [0.29, 0.717) is 24.3 Å². The molecule has 1 saturated heterocycles. The lowest BCUT2D eigenvalue weighted by Gasteiger charge is -2.27. The van der Waals surface area contributed by atoms with E-state index in [1.807, 2.05) is 20.8 Å². The van der Waals surface area contributed by atoms with Gasteiger partial charge in [-0.1, -0.05) is 6.92 Å². The minimum absolute atomic E-state index is 0.0558. The Hall–Kier alpha value is -2.57. The molecule has 7 nitrogen and oxygen atoms in total. The van der Waals surface area contributed by atoms with Gasteiger partial charge in [0, 0.05) is 30.4 Å². The van der Waals surface area contributed by atoms with Gasteiger partial charge in [0.2, 0.25) is 5.91 Å². The number of rotatable bonds is 4. The maximum absolute atomic E-state index is 12.2. The number of nitrogens with one attached hydrogen (secondary N) is 3. The van der Waals surface area contributed by atoms with Gasteiger partial charge >= 0.3 is 6.03 Å². The monoisotopic (exact) mass is 332 g/mol. The Morgan fingerprint density at radius 3 is 2.75 bits per heavy atom. The molecule has 1 aliphatic rings. The SMILES string of the molecule is CCC(C)NC(=O)c1ccc(NC(=O)N2CCNC(=O)C2)c(C)c1. The minimum Gasteiger partial charge on any atom is -0.353 e. The lowest BCUT2D eigenvalue weighted by atomic mass is 10.1. The van der Waals surface area contributed by atoms with Crippen LogP contribution >= 0.6 is 0 Å². The van der Waals surface area contributed by atoms with Crippen molar-refractivity contribution in [2.45, 2.75) is 33.2 Å². The largest absolute Gasteiger partial charge is 0.353 e. The molecule has 0 aliphatic carbocycles. The van der Waals surface area contributed by atoms with Crippen molar-refractivity contribution in [2.24, 2.45) is 0 Å². The van der Waals surface area contributed by atoms with Gasteiger partial charge < -0.3 is 20.9 Å². The summed E-state index contributed by atoms with van der Waals surface area (Å²) in [6.45, 7) is 6.79. The molecule has 1 heterocycles. The maximum Gasteiger partial charge on any atom is 0.322 e. The zero-order chi connectivity index (χ0) is 17.7. The molecule has 1 unspecified atom stereocenters. The van der Waals surface area contributed by atoms with E-state index in [-0.39, 0.29) is 30.4 Å². The third kappa shape index (κ3) is 4.47. The van der Waals surface area contributed by atoms with Gasteiger partial charge in [-0.2, -0.15) is 0 Å². The van der Waals surface area contributed by atoms with Crippen LogP contribution in [0.15, 0.2) is 18.2 Å². The Morgan fingerprint density at radius 2 is 2.12 bits per heavy atom. The highest BCUT2D eigenvalue weighted by Crippen LogP contribution is 2.17. The van der Waals surface area contributed by atoms with Gasteiger partial charge in [-0.3, -0.25) is 9.59 Å². The Balaban J connectivity index is 2.03. The first-order chi connectivity index (χ1) is 11.4. The summed E-state index contributed by atoms with van der Waals surface area (Å²) >= 11 is 0. The van der Waals surface area contributed by atoms with Crippen molar-refractivity contribution in [3.63, 3.8) is 0 Å². The number of nitrogens with zero attached hydrogens (tertiary/aromatic N) is 1. The quantitative estimate of drug-likeness (QED) is 0.780. The topological polar surface area (TPSA) is 90.5 Å². The first-order valence-corrected chi connectivity index (χ1v) is 8.14. The molecule has 24 heavy (non-hydrogen) atoms. The maximum atomic E-state index is 12.2. The van der Waals surface area contributed by atoms with Crippen LogP contribution in [0.2, 0.25) is 0 Å². The van der Waals surface area contributed by atoms with Gasteiger partial charge in [0.15, 0.2) is 0 Å². The average Bonchev–Trinajstić information content (AvgIpc) is 2.56. The molecule has 0 radical (unpaired) electrons. The molecule has 0 bridgehead atoms. The van der Waals surface area contributed by atoms with E-state index in [1.165, 1.54) is 4.90 Å². The Kier molecular flexibility index (Phi) is 5.78. The van der Waals surface area contributed by atoms with Crippen molar-refractivity contribution in [3.05, 3.63) is 29.3 Å². The number of amides is 4. The van der Waals surface area contributed by atoms with Crippen molar-refractivity contribution < 1.29 is 14.4 Å². The van der Waals surface area contributed by atoms with Crippen LogP contribution in [-0.4, -0.2) is 48.4 Å². The highest BCUT2D eigenvalue weighted by atomic mass is 16.2. The first-order valence-electron chi connectivity index (χ1n) is 8.14. The molecule has 0 saturated carbocycles. The molecule has 1 aromatic carbocycles. The molecule has 1 fully saturated rings. The predicted octanol–water partition coefficient (Wildman–Crippen LogP) is 1.49. The molecule has 4 amide bonds. The van der Waals surface area contributed by atoms with E-state index < -0.39 is 0 Å². The lowest BCUT2D eigenvalue weighted by molar-refractivity contribution is -0.123. The van der Waals surface area contributed by atoms with E-state index in [4.69, 9.17) is 0 Å². The van der Waals surface area contributed by atoms with Gasteiger partial charge in [-0.25, -0.2) is 4.79 Å². The molecular weight excluding hydrogens is 308 g/mol. The van der Waals surface area contributed by atoms with Crippen molar-refractivity contribution in [3.8, 4) is 0 Å².